The quantitative estimate of drug-likeness (QED) is 0.870. The second-order valence-electron chi connectivity index (χ2n) is 6.99. The van der Waals surface area contributed by atoms with E-state index >= 15 is 0 Å². The average Bonchev–Trinajstić information content (AvgIpc) is 2.83. The topological polar surface area (TPSA) is 58.5 Å². The molecule has 2 aromatic rings. The number of aliphatic imine (C=N–C) groups is 1. The van der Waals surface area contributed by atoms with Crippen LogP contribution in [0.4, 0.5) is 0 Å². The van der Waals surface area contributed by atoms with Crippen LogP contribution in [0.3, 0.4) is 0 Å². The van der Waals surface area contributed by atoms with Crippen molar-refractivity contribution in [2.24, 2.45) is 4.99 Å². The molecule has 26 heavy (non-hydrogen) atoms. The van der Waals surface area contributed by atoms with Gasteiger partial charge in [0.25, 0.3) is 10.0 Å². The predicted molar refractivity (Wildman–Crippen MR) is 107 cm³/mol. The summed E-state index contributed by atoms with van der Waals surface area (Å²) < 4.78 is 27.8. The van der Waals surface area contributed by atoms with Crippen molar-refractivity contribution >= 4 is 20.8 Å². The molecule has 0 spiro atoms. The van der Waals surface area contributed by atoms with Gasteiger partial charge in [-0.3, -0.25) is 9.71 Å². The highest BCUT2D eigenvalue weighted by atomic mass is 32.2. The molecule has 1 aliphatic heterocycles. The number of hydrogen-bond acceptors (Lipinski definition) is 3. The van der Waals surface area contributed by atoms with Crippen molar-refractivity contribution in [2.75, 3.05) is 0 Å². The van der Waals surface area contributed by atoms with Gasteiger partial charge in [-0.1, -0.05) is 67.9 Å². The van der Waals surface area contributed by atoms with Crippen molar-refractivity contribution in [3.63, 3.8) is 0 Å². The smallest absolute Gasteiger partial charge is 0.263 e. The zero-order chi connectivity index (χ0) is 18.9. The zero-order valence-corrected chi connectivity index (χ0v) is 16.4. The van der Waals surface area contributed by atoms with Gasteiger partial charge in [-0.2, -0.15) is 0 Å². The molecule has 2 aromatic carbocycles. The first-order valence-electron chi connectivity index (χ1n) is 8.72. The van der Waals surface area contributed by atoms with Gasteiger partial charge in [-0.25, -0.2) is 8.42 Å². The van der Waals surface area contributed by atoms with Gasteiger partial charge in [0.1, 0.15) is 10.7 Å². The largest absolute Gasteiger partial charge is 0.264 e. The number of sulfonamides is 1. The van der Waals surface area contributed by atoms with Gasteiger partial charge in [0, 0.05) is 5.57 Å². The van der Waals surface area contributed by atoms with Crippen LogP contribution in [-0.4, -0.2) is 14.3 Å². The first-order chi connectivity index (χ1) is 12.3. The maximum Gasteiger partial charge on any atom is 0.264 e. The third kappa shape index (κ3) is 3.73. The molecule has 0 amide bonds. The molecule has 0 radical (unpaired) electrons. The van der Waals surface area contributed by atoms with E-state index in [0.717, 1.165) is 5.56 Å². The van der Waals surface area contributed by atoms with Gasteiger partial charge in [0.15, 0.2) is 0 Å². The summed E-state index contributed by atoms with van der Waals surface area (Å²) in [7, 11) is -3.58. The van der Waals surface area contributed by atoms with Crippen molar-refractivity contribution < 1.29 is 8.42 Å². The summed E-state index contributed by atoms with van der Waals surface area (Å²) >= 11 is 0. The Hall–Kier alpha value is -2.40. The van der Waals surface area contributed by atoms with E-state index in [1.807, 2.05) is 55.5 Å². The second-order valence-corrected chi connectivity index (χ2v) is 8.61. The molecule has 0 saturated heterocycles. The second kappa shape index (κ2) is 7.08. The summed E-state index contributed by atoms with van der Waals surface area (Å²) in [6, 6.07) is 15.8. The summed E-state index contributed by atoms with van der Waals surface area (Å²) in [4.78, 5) is 4.81. The van der Waals surface area contributed by atoms with Crippen LogP contribution < -0.4 is 4.72 Å². The first kappa shape index (κ1) is 18.4. The minimum Gasteiger partial charge on any atom is -0.263 e. The van der Waals surface area contributed by atoms with Crippen LogP contribution in [0.2, 0.25) is 0 Å². The Morgan fingerprint density at radius 2 is 1.58 bits per heavy atom. The summed E-state index contributed by atoms with van der Waals surface area (Å²) in [5.41, 5.74) is 4.77. The summed E-state index contributed by atoms with van der Waals surface area (Å²) in [6.45, 7) is 8.50. The van der Waals surface area contributed by atoms with Gasteiger partial charge in [-0.15, -0.1) is 0 Å². The SMILES string of the molecule is CC1=C(c2ccc(C(C)C)cc2)S(=O)(=O)NC1=NCc1ccc(C)cc1. The Labute approximate surface area is 155 Å². The van der Waals surface area contributed by atoms with E-state index in [0.29, 0.717) is 34.3 Å². The number of rotatable bonds is 4. The molecule has 5 heteroatoms. The van der Waals surface area contributed by atoms with Crippen LogP contribution >= 0.6 is 0 Å². The molecule has 0 saturated carbocycles. The fourth-order valence-electron chi connectivity index (χ4n) is 2.97. The molecule has 0 aliphatic carbocycles. The Kier molecular flexibility index (Phi) is 5.01. The van der Waals surface area contributed by atoms with E-state index < -0.39 is 10.0 Å². The Balaban J connectivity index is 1.93. The van der Waals surface area contributed by atoms with Crippen molar-refractivity contribution in [1.82, 2.24) is 4.72 Å². The molecule has 0 bridgehead atoms. The Bertz CT molecular complexity index is 968. The maximum atomic E-state index is 12.6. The average molecular weight is 369 g/mol. The van der Waals surface area contributed by atoms with E-state index in [1.54, 1.807) is 6.92 Å². The van der Waals surface area contributed by atoms with Gasteiger partial charge in [0.05, 0.1) is 6.54 Å². The summed E-state index contributed by atoms with van der Waals surface area (Å²) in [5.74, 6) is 0.831. The molecule has 136 valence electrons. The lowest BCUT2D eigenvalue weighted by Gasteiger charge is -2.07. The van der Waals surface area contributed by atoms with Crippen LogP contribution in [0.15, 0.2) is 59.1 Å². The third-order valence-corrected chi connectivity index (χ3v) is 6.12. The molecule has 0 atom stereocenters. The van der Waals surface area contributed by atoms with Gasteiger partial charge < -0.3 is 0 Å². The third-order valence-electron chi connectivity index (χ3n) is 4.58. The normalized spacial score (nSPS) is 17.8. The molecule has 1 heterocycles. The van der Waals surface area contributed by atoms with Crippen LogP contribution in [0.5, 0.6) is 0 Å². The van der Waals surface area contributed by atoms with Gasteiger partial charge >= 0.3 is 0 Å². The van der Waals surface area contributed by atoms with Crippen LogP contribution in [0.25, 0.3) is 4.91 Å². The fourth-order valence-corrected chi connectivity index (χ4v) is 4.49. The molecule has 0 aromatic heterocycles. The van der Waals surface area contributed by atoms with E-state index in [1.165, 1.54) is 11.1 Å². The molecule has 0 fully saturated rings. The molecule has 3 rings (SSSR count). The minimum absolute atomic E-state index is 0.315. The van der Waals surface area contributed by atoms with E-state index in [-0.39, 0.29) is 0 Å². The van der Waals surface area contributed by atoms with Gasteiger partial charge in [0.2, 0.25) is 0 Å². The van der Waals surface area contributed by atoms with Crippen LogP contribution in [-0.2, 0) is 16.6 Å². The standard InChI is InChI=1S/C21H24N2O2S/c1-14(2)18-9-11-19(12-10-18)20-16(4)21(23-26(20,24)25)22-13-17-7-5-15(3)6-8-17/h5-12,14H,13H2,1-4H3,(H,22,23). The highest BCUT2D eigenvalue weighted by Gasteiger charge is 2.32. The summed E-state index contributed by atoms with van der Waals surface area (Å²) in [5, 5.41) is 0. The van der Waals surface area contributed by atoms with Crippen molar-refractivity contribution in [3.8, 4) is 0 Å². The molecule has 0 unspecified atom stereocenters. The molecule has 4 nitrogen and oxygen atoms in total. The highest BCUT2D eigenvalue weighted by molar-refractivity contribution is 8.00. The molecular formula is C21H24N2O2S. The van der Waals surface area contributed by atoms with Crippen LogP contribution in [0.1, 0.15) is 48.9 Å². The van der Waals surface area contributed by atoms with Crippen LogP contribution in [0, 0.1) is 6.92 Å². The number of nitrogens with zero attached hydrogens (tertiary/aromatic N) is 1. The fraction of sp³-hybridized carbons (Fsp3) is 0.286. The highest BCUT2D eigenvalue weighted by Crippen LogP contribution is 2.30. The minimum atomic E-state index is -3.58. The van der Waals surface area contributed by atoms with E-state index in [4.69, 9.17) is 0 Å². The predicted octanol–water partition coefficient (Wildman–Crippen LogP) is 4.38. The van der Waals surface area contributed by atoms with Gasteiger partial charge in [-0.05, 0) is 36.5 Å². The zero-order valence-electron chi connectivity index (χ0n) is 15.6. The van der Waals surface area contributed by atoms with E-state index in [9.17, 15) is 8.42 Å². The number of hydrogen-bond donors (Lipinski definition) is 1. The van der Waals surface area contributed by atoms with Crippen molar-refractivity contribution in [2.45, 2.75) is 40.2 Å². The summed E-state index contributed by atoms with van der Waals surface area (Å²) in [6.07, 6.45) is 0. The Morgan fingerprint density at radius 3 is 2.15 bits per heavy atom. The van der Waals surface area contributed by atoms with E-state index in [2.05, 4.69) is 23.6 Å². The lowest BCUT2D eigenvalue weighted by atomic mass is 10.0. The number of nitrogens with one attached hydrogen (secondary N) is 1. The number of benzene rings is 2. The lowest BCUT2D eigenvalue weighted by Crippen LogP contribution is -2.23. The first-order valence-corrected chi connectivity index (χ1v) is 10.2. The molecular weight excluding hydrogens is 344 g/mol. The number of aryl methyl sites for hydroxylation is 1. The molecule has 1 N–H and O–H groups in total. The lowest BCUT2D eigenvalue weighted by molar-refractivity contribution is 0.603. The van der Waals surface area contributed by atoms with Crippen molar-refractivity contribution in [3.05, 3.63) is 76.4 Å². The Morgan fingerprint density at radius 1 is 0.962 bits per heavy atom. The van der Waals surface area contributed by atoms with Crippen molar-refractivity contribution in [1.29, 1.82) is 0 Å². The maximum absolute atomic E-state index is 12.6. The monoisotopic (exact) mass is 368 g/mol. The molecule has 1 aliphatic rings. The number of amidine groups is 1.